The van der Waals surface area contributed by atoms with Gasteiger partial charge in [-0.25, -0.2) is 4.79 Å². The summed E-state index contributed by atoms with van der Waals surface area (Å²) in [6, 6.07) is 10.6. The van der Waals surface area contributed by atoms with Crippen molar-refractivity contribution in [3.05, 3.63) is 54.1 Å². The van der Waals surface area contributed by atoms with Crippen molar-refractivity contribution in [2.45, 2.75) is 19.2 Å². The van der Waals surface area contributed by atoms with Crippen molar-refractivity contribution in [2.75, 3.05) is 36.8 Å². The van der Waals surface area contributed by atoms with E-state index >= 15 is 0 Å². The van der Waals surface area contributed by atoms with E-state index in [0.29, 0.717) is 23.5 Å². The van der Waals surface area contributed by atoms with Crippen molar-refractivity contribution < 1.29 is 27.5 Å². The van der Waals surface area contributed by atoms with Crippen molar-refractivity contribution in [1.82, 2.24) is 10.2 Å². The van der Waals surface area contributed by atoms with Gasteiger partial charge in [0.05, 0.1) is 0 Å². The monoisotopic (exact) mass is 436 g/mol. The molecule has 0 aliphatic carbocycles. The van der Waals surface area contributed by atoms with Gasteiger partial charge in [-0.3, -0.25) is 4.79 Å². The van der Waals surface area contributed by atoms with Crippen LogP contribution in [-0.2, 0) is 0 Å². The highest BCUT2D eigenvalue weighted by molar-refractivity contribution is 6.00. The van der Waals surface area contributed by atoms with Gasteiger partial charge in [0.2, 0.25) is 0 Å². The number of amides is 3. The van der Waals surface area contributed by atoms with Crippen LogP contribution in [0.2, 0.25) is 0 Å². The number of nitrogens with one attached hydrogen (secondary N) is 3. The number of ether oxygens (including phenoxy) is 1. The van der Waals surface area contributed by atoms with Crippen molar-refractivity contribution in [3.63, 3.8) is 0 Å². The number of benzene rings is 2. The van der Waals surface area contributed by atoms with Crippen LogP contribution in [0.3, 0.4) is 0 Å². The molecule has 1 heterocycles. The fraction of sp³-hybridized carbons (Fsp3) is 0.333. The largest absolute Gasteiger partial charge is 0.573 e. The van der Waals surface area contributed by atoms with Gasteiger partial charge >= 0.3 is 12.4 Å². The van der Waals surface area contributed by atoms with Crippen LogP contribution < -0.4 is 20.7 Å². The maximum Gasteiger partial charge on any atom is 0.573 e. The van der Waals surface area contributed by atoms with Gasteiger partial charge in [0.1, 0.15) is 5.75 Å². The zero-order valence-electron chi connectivity index (χ0n) is 16.7. The third kappa shape index (κ3) is 7.49. The maximum atomic E-state index is 12.2. The fourth-order valence-corrected chi connectivity index (χ4v) is 3.17. The highest BCUT2D eigenvalue weighted by Gasteiger charge is 2.30. The summed E-state index contributed by atoms with van der Waals surface area (Å²) in [6.45, 7) is 3.55. The number of rotatable bonds is 7. The second-order valence-electron chi connectivity index (χ2n) is 7.03. The number of likely N-dealkylation sites (tertiary alicyclic amines) is 1. The van der Waals surface area contributed by atoms with E-state index in [-0.39, 0.29) is 11.7 Å². The highest BCUT2D eigenvalue weighted by Crippen LogP contribution is 2.24. The Kier molecular flexibility index (Phi) is 7.35. The zero-order valence-corrected chi connectivity index (χ0v) is 16.7. The molecule has 1 saturated heterocycles. The topological polar surface area (TPSA) is 82.7 Å². The molecule has 0 saturated carbocycles. The standard InChI is InChI=1S/C21H23F3N4O3/c22-21(23,24)31-18-9-7-17(8-10-18)27-20(30)26-16-5-3-15(4-6-16)19(29)25-11-14-28-12-1-2-13-28/h3-10H,1-2,11-14H2,(H,25,29)(H2,26,27,30). The van der Waals surface area contributed by atoms with Gasteiger partial charge in [-0.05, 0) is 74.5 Å². The van der Waals surface area contributed by atoms with E-state index in [9.17, 15) is 22.8 Å². The number of urea groups is 1. The molecule has 0 spiro atoms. The van der Waals surface area contributed by atoms with Crippen LogP contribution in [0.5, 0.6) is 5.75 Å². The van der Waals surface area contributed by atoms with Crippen LogP contribution in [0, 0.1) is 0 Å². The molecule has 10 heteroatoms. The molecule has 7 nitrogen and oxygen atoms in total. The quantitative estimate of drug-likeness (QED) is 0.612. The van der Waals surface area contributed by atoms with E-state index in [1.54, 1.807) is 24.3 Å². The number of carbonyl (C=O) groups excluding carboxylic acids is 2. The molecule has 31 heavy (non-hydrogen) atoms. The first-order valence-electron chi connectivity index (χ1n) is 9.83. The maximum absolute atomic E-state index is 12.2. The lowest BCUT2D eigenvalue weighted by Gasteiger charge is -2.14. The average Bonchev–Trinajstić information content (AvgIpc) is 3.22. The summed E-state index contributed by atoms with van der Waals surface area (Å²) in [6.07, 6.45) is -2.37. The lowest BCUT2D eigenvalue weighted by Crippen LogP contribution is -2.33. The molecule has 0 unspecified atom stereocenters. The summed E-state index contributed by atoms with van der Waals surface area (Å²) in [7, 11) is 0. The fourth-order valence-electron chi connectivity index (χ4n) is 3.17. The Balaban J connectivity index is 1.44. The molecular weight excluding hydrogens is 413 g/mol. The van der Waals surface area contributed by atoms with Crippen molar-refractivity contribution >= 4 is 23.3 Å². The molecule has 3 rings (SSSR count). The number of hydrogen-bond donors (Lipinski definition) is 3. The molecule has 0 atom stereocenters. The molecule has 2 aromatic carbocycles. The Bertz CT molecular complexity index is 880. The van der Waals surface area contributed by atoms with Gasteiger partial charge in [-0.1, -0.05) is 0 Å². The van der Waals surface area contributed by atoms with Gasteiger partial charge in [0.15, 0.2) is 0 Å². The molecule has 2 aromatic rings. The van der Waals surface area contributed by atoms with E-state index in [2.05, 4.69) is 25.6 Å². The first-order valence-corrected chi connectivity index (χ1v) is 9.83. The number of carbonyl (C=O) groups is 2. The molecule has 3 amide bonds. The zero-order chi connectivity index (χ0) is 22.3. The third-order valence-corrected chi connectivity index (χ3v) is 4.66. The van der Waals surface area contributed by atoms with Crippen LogP contribution in [0.25, 0.3) is 0 Å². The molecule has 1 aliphatic heterocycles. The summed E-state index contributed by atoms with van der Waals surface area (Å²) in [5.41, 5.74) is 1.23. The van der Waals surface area contributed by atoms with Crippen molar-refractivity contribution in [2.24, 2.45) is 0 Å². The lowest BCUT2D eigenvalue weighted by atomic mass is 10.2. The molecule has 1 fully saturated rings. The highest BCUT2D eigenvalue weighted by atomic mass is 19.4. The van der Waals surface area contributed by atoms with Gasteiger partial charge in [0, 0.05) is 30.0 Å². The van der Waals surface area contributed by atoms with E-state index in [1.807, 2.05) is 0 Å². The summed E-state index contributed by atoms with van der Waals surface area (Å²) in [5, 5.41) is 7.97. The molecule has 166 valence electrons. The predicted molar refractivity (Wildman–Crippen MR) is 110 cm³/mol. The van der Waals surface area contributed by atoms with E-state index in [0.717, 1.165) is 31.8 Å². The number of halogens is 3. The normalized spacial score (nSPS) is 14.2. The lowest BCUT2D eigenvalue weighted by molar-refractivity contribution is -0.274. The van der Waals surface area contributed by atoms with Gasteiger partial charge < -0.3 is 25.6 Å². The summed E-state index contributed by atoms with van der Waals surface area (Å²) in [5.74, 6) is -0.566. The van der Waals surface area contributed by atoms with Crippen LogP contribution in [0.15, 0.2) is 48.5 Å². The van der Waals surface area contributed by atoms with E-state index < -0.39 is 12.4 Å². The number of hydrogen-bond acceptors (Lipinski definition) is 4. The predicted octanol–water partition coefficient (Wildman–Crippen LogP) is 4.05. The van der Waals surface area contributed by atoms with Gasteiger partial charge in [-0.15, -0.1) is 13.2 Å². The number of alkyl halides is 3. The van der Waals surface area contributed by atoms with Crippen molar-refractivity contribution in [1.29, 1.82) is 0 Å². The van der Waals surface area contributed by atoms with Crippen LogP contribution in [0.4, 0.5) is 29.3 Å². The summed E-state index contributed by atoms with van der Waals surface area (Å²) < 4.78 is 40.3. The van der Waals surface area contributed by atoms with E-state index in [1.165, 1.54) is 25.0 Å². The molecular formula is C21H23F3N4O3. The molecule has 0 radical (unpaired) electrons. The molecule has 0 bridgehead atoms. The van der Waals surface area contributed by atoms with Gasteiger partial charge in [-0.2, -0.15) is 0 Å². The third-order valence-electron chi connectivity index (χ3n) is 4.66. The Hall–Kier alpha value is -3.27. The van der Waals surface area contributed by atoms with Crippen LogP contribution >= 0.6 is 0 Å². The van der Waals surface area contributed by atoms with Gasteiger partial charge in [0.25, 0.3) is 5.91 Å². The SMILES string of the molecule is O=C(Nc1ccc(OC(F)(F)F)cc1)Nc1ccc(C(=O)NCCN2CCCC2)cc1. The Morgan fingerprint density at radius 2 is 1.45 bits per heavy atom. The number of nitrogens with zero attached hydrogens (tertiary/aromatic N) is 1. The molecule has 3 N–H and O–H groups in total. The number of anilines is 2. The second kappa shape index (κ2) is 10.2. The van der Waals surface area contributed by atoms with Crippen LogP contribution in [-0.4, -0.2) is 49.4 Å². The minimum Gasteiger partial charge on any atom is -0.406 e. The summed E-state index contributed by atoms with van der Waals surface area (Å²) >= 11 is 0. The molecule has 1 aliphatic rings. The van der Waals surface area contributed by atoms with E-state index in [4.69, 9.17) is 0 Å². The van der Waals surface area contributed by atoms with Crippen LogP contribution in [0.1, 0.15) is 23.2 Å². The minimum atomic E-state index is -4.77. The minimum absolute atomic E-state index is 0.184. The average molecular weight is 436 g/mol. The first-order chi connectivity index (χ1) is 14.8. The Morgan fingerprint density at radius 1 is 0.903 bits per heavy atom. The first kappa shape index (κ1) is 22.4. The molecule has 0 aromatic heterocycles. The summed E-state index contributed by atoms with van der Waals surface area (Å²) in [4.78, 5) is 26.6. The Morgan fingerprint density at radius 3 is 2.00 bits per heavy atom. The smallest absolute Gasteiger partial charge is 0.406 e. The second-order valence-corrected chi connectivity index (χ2v) is 7.03. The Labute approximate surface area is 177 Å². The van der Waals surface area contributed by atoms with Crippen molar-refractivity contribution in [3.8, 4) is 5.75 Å².